The quantitative estimate of drug-likeness (QED) is 0.162. The van der Waals surface area contributed by atoms with Crippen LogP contribution >= 0.6 is 23.4 Å². The topological polar surface area (TPSA) is 135 Å². The van der Waals surface area contributed by atoms with Gasteiger partial charge in [0.05, 0.1) is 36.0 Å². The van der Waals surface area contributed by atoms with Gasteiger partial charge in [-0.25, -0.2) is 16.8 Å². The fourth-order valence-corrected chi connectivity index (χ4v) is 6.81. The summed E-state index contributed by atoms with van der Waals surface area (Å²) in [4.78, 5) is 11.7. The number of anilines is 2. The Hall–Kier alpha value is -3.58. The molecule has 4 aromatic rings. The van der Waals surface area contributed by atoms with Crippen molar-refractivity contribution in [3.05, 3.63) is 111 Å². The van der Waals surface area contributed by atoms with Crippen LogP contribution in [0.1, 0.15) is 11.1 Å². The lowest BCUT2D eigenvalue weighted by Gasteiger charge is -2.17. The van der Waals surface area contributed by atoms with Gasteiger partial charge < -0.3 is 0 Å². The van der Waals surface area contributed by atoms with Gasteiger partial charge in [0.15, 0.2) is 0 Å². The summed E-state index contributed by atoms with van der Waals surface area (Å²) in [7, 11) is -8.43. The van der Waals surface area contributed by atoms with E-state index in [1.165, 1.54) is 30.3 Å². The molecule has 0 heterocycles. The van der Waals surface area contributed by atoms with E-state index in [1.807, 2.05) is 0 Å². The van der Waals surface area contributed by atoms with Crippen molar-refractivity contribution in [3.63, 3.8) is 0 Å². The highest BCUT2D eigenvalue weighted by Gasteiger charge is 2.26. The van der Waals surface area contributed by atoms with E-state index in [9.17, 15) is 26.9 Å². The first-order chi connectivity index (χ1) is 18.4. The van der Waals surface area contributed by atoms with Crippen molar-refractivity contribution in [2.75, 3.05) is 9.44 Å². The Bertz CT molecular complexity index is 1760. The summed E-state index contributed by atoms with van der Waals surface area (Å²) in [6, 6.07) is 20.8. The fourth-order valence-electron chi connectivity index (χ4n) is 3.45. The first-order valence-electron chi connectivity index (χ1n) is 11.3. The molecule has 0 aliphatic rings. The average Bonchev–Trinajstić information content (AvgIpc) is 2.87. The normalized spacial score (nSPS) is 11.7. The van der Waals surface area contributed by atoms with Crippen LogP contribution in [0.4, 0.5) is 17.1 Å². The average molecular weight is 604 g/mol. The number of halogens is 1. The summed E-state index contributed by atoms with van der Waals surface area (Å²) in [5.41, 5.74) is 0.707. The second kappa shape index (κ2) is 11.3. The lowest BCUT2D eigenvalue weighted by Crippen LogP contribution is -2.18. The Labute approximate surface area is 235 Å². The van der Waals surface area contributed by atoms with Crippen molar-refractivity contribution in [2.45, 2.75) is 33.4 Å². The van der Waals surface area contributed by atoms with Gasteiger partial charge in [-0.2, -0.15) is 0 Å². The van der Waals surface area contributed by atoms with Crippen LogP contribution in [0.25, 0.3) is 0 Å². The highest BCUT2D eigenvalue weighted by atomic mass is 35.5. The third-order valence-electron chi connectivity index (χ3n) is 5.50. The third-order valence-corrected chi connectivity index (χ3v) is 9.83. The zero-order valence-corrected chi connectivity index (χ0v) is 23.8. The van der Waals surface area contributed by atoms with Crippen LogP contribution < -0.4 is 9.44 Å². The molecule has 0 spiro atoms. The number of nitrogens with one attached hydrogen (secondary N) is 2. The molecular formula is C26H22ClN3O6S3. The maximum Gasteiger partial charge on any atom is 0.285 e. The van der Waals surface area contributed by atoms with E-state index in [0.717, 1.165) is 29.0 Å². The van der Waals surface area contributed by atoms with E-state index < -0.39 is 30.7 Å². The highest BCUT2D eigenvalue weighted by Crippen LogP contribution is 2.43. The van der Waals surface area contributed by atoms with Crippen LogP contribution in [0.5, 0.6) is 0 Å². The number of hydrogen-bond donors (Lipinski definition) is 2. The zero-order chi connectivity index (χ0) is 28.4. The molecule has 0 amide bonds. The van der Waals surface area contributed by atoms with Gasteiger partial charge in [0.2, 0.25) is 0 Å². The van der Waals surface area contributed by atoms with Crippen LogP contribution in [0.2, 0.25) is 5.02 Å². The number of rotatable bonds is 9. The van der Waals surface area contributed by atoms with E-state index in [-0.39, 0.29) is 26.1 Å². The van der Waals surface area contributed by atoms with Crippen molar-refractivity contribution in [1.29, 1.82) is 0 Å². The molecule has 2 N–H and O–H groups in total. The second-order valence-electron chi connectivity index (χ2n) is 8.49. The molecular weight excluding hydrogens is 582 g/mol. The van der Waals surface area contributed by atoms with Gasteiger partial charge in [-0.05, 0) is 56.3 Å². The van der Waals surface area contributed by atoms with Gasteiger partial charge in [0, 0.05) is 11.0 Å². The lowest BCUT2D eigenvalue weighted by molar-refractivity contribution is -0.387. The van der Waals surface area contributed by atoms with E-state index in [2.05, 4.69) is 9.44 Å². The molecule has 0 bridgehead atoms. The lowest BCUT2D eigenvalue weighted by atomic mass is 10.2. The van der Waals surface area contributed by atoms with Gasteiger partial charge in [-0.3, -0.25) is 19.6 Å². The Morgan fingerprint density at radius 3 is 1.64 bits per heavy atom. The molecule has 0 aliphatic heterocycles. The monoisotopic (exact) mass is 603 g/mol. The fraction of sp³-hybridized carbons (Fsp3) is 0.0769. The van der Waals surface area contributed by atoms with Crippen LogP contribution in [0.15, 0.2) is 105 Å². The maximum absolute atomic E-state index is 13.2. The van der Waals surface area contributed by atoms with Crippen molar-refractivity contribution in [1.82, 2.24) is 0 Å². The molecule has 0 saturated heterocycles. The van der Waals surface area contributed by atoms with Gasteiger partial charge in [-0.1, -0.05) is 70.9 Å². The molecule has 4 aromatic carbocycles. The molecule has 202 valence electrons. The number of sulfonamides is 2. The largest absolute Gasteiger partial charge is 0.285 e. The highest BCUT2D eigenvalue weighted by molar-refractivity contribution is 7.99. The first kappa shape index (κ1) is 28.4. The number of aryl methyl sites for hydroxylation is 2. The Balaban J connectivity index is 1.86. The third kappa shape index (κ3) is 6.71. The first-order valence-corrected chi connectivity index (χ1v) is 15.5. The predicted molar refractivity (Wildman–Crippen MR) is 153 cm³/mol. The summed E-state index contributed by atoms with van der Waals surface area (Å²) in [6.07, 6.45) is 0. The molecule has 0 aromatic heterocycles. The van der Waals surface area contributed by atoms with E-state index in [0.29, 0.717) is 9.92 Å². The number of nitro groups is 1. The maximum atomic E-state index is 13.2. The number of nitro benzene ring substituents is 1. The summed E-state index contributed by atoms with van der Waals surface area (Å²) in [6.45, 7) is 3.59. The summed E-state index contributed by atoms with van der Waals surface area (Å²) in [5, 5.41) is 12.4. The molecule has 39 heavy (non-hydrogen) atoms. The molecule has 0 aliphatic carbocycles. The zero-order valence-electron chi connectivity index (χ0n) is 20.6. The van der Waals surface area contributed by atoms with Crippen LogP contribution in [-0.2, 0) is 20.0 Å². The van der Waals surface area contributed by atoms with E-state index in [4.69, 9.17) is 11.6 Å². The van der Waals surface area contributed by atoms with E-state index in [1.54, 1.807) is 62.4 Å². The molecule has 0 atom stereocenters. The second-order valence-corrected chi connectivity index (χ2v) is 13.3. The van der Waals surface area contributed by atoms with Crippen LogP contribution in [0.3, 0.4) is 0 Å². The summed E-state index contributed by atoms with van der Waals surface area (Å²) >= 11 is 7.19. The van der Waals surface area contributed by atoms with Crippen molar-refractivity contribution in [3.8, 4) is 0 Å². The molecule has 9 nitrogen and oxygen atoms in total. The number of nitrogens with zero attached hydrogens (tertiary/aromatic N) is 1. The molecule has 0 radical (unpaired) electrons. The molecule has 0 saturated carbocycles. The molecule has 4 rings (SSSR count). The standard InChI is InChI=1S/C26H22ClN3O6S3/c1-17-7-11-19(12-8-17)38(33,34)28-22-15-24(30(31)32)26(37-25-6-4-3-5-21(25)27)16-23(22)29-39(35,36)20-13-9-18(2)10-14-20/h3-16,28-29H,1-2H3. The van der Waals surface area contributed by atoms with E-state index >= 15 is 0 Å². The number of benzene rings is 4. The Morgan fingerprint density at radius 2 is 1.18 bits per heavy atom. The minimum absolute atomic E-state index is 0.0491. The van der Waals surface area contributed by atoms with Crippen molar-refractivity contribution < 1.29 is 21.8 Å². The van der Waals surface area contributed by atoms with Crippen molar-refractivity contribution >= 4 is 60.5 Å². The predicted octanol–water partition coefficient (Wildman–Crippen LogP) is 6.62. The molecule has 13 heteroatoms. The minimum atomic E-state index is -4.23. The SMILES string of the molecule is Cc1ccc(S(=O)(=O)Nc2cc(Sc3ccccc3Cl)c([N+](=O)[O-])cc2NS(=O)(=O)c2ccc(C)cc2)cc1. The Kier molecular flexibility index (Phi) is 8.21. The smallest absolute Gasteiger partial charge is 0.277 e. The van der Waals surface area contributed by atoms with Gasteiger partial charge in [0.25, 0.3) is 25.7 Å². The van der Waals surface area contributed by atoms with Crippen molar-refractivity contribution in [2.24, 2.45) is 0 Å². The molecule has 0 unspecified atom stereocenters. The number of hydrogen-bond acceptors (Lipinski definition) is 7. The van der Waals surface area contributed by atoms with Gasteiger partial charge in [-0.15, -0.1) is 0 Å². The summed E-state index contributed by atoms with van der Waals surface area (Å²) < 4.78 is 57.5. The van der Waals surface area contributed by atoms with Gasteiger partial charge >= 0.3 is 0 Å². The van der Waals surface area contributed by atoms with Gasteiger partial charge in [0.1, 0.15) is 0 Å². The minimum Gasteiger partial charge on any atom is -0.277 e. The van der Waals surface area contributed by atoms with Crippen LogP contribution in [-0.4, -0.2) is 21.8 Å². The van der Waals surface area contributed by atoms with Crippen LogP contribution in [0, 0.1) is 24.0 Å². The molecule has 0 fully saturated rings. The summed E-state index contributed by atoms with van der Waals surface area (Å²) in [5.74, 6) is 0. The Morgan fingerprint density at radius 1 is 0.718 bits per heavy atom.